The van der Waals surface area contributed by atoms with Crippen LogP contribution in [0.4, 0.5) is 0 Å². The molecule has 0 bridgehead atoms. The fraction of sp³-hybridized carbons (Fsp3) is 0.812. The third-order valence-corrected chi connectivity index (χ3v) is 3.39. The Morgan fingerprint density at radius 2 is 1.53 bits per heavy atom. The van der Waals surface area contributed by atoms with E-state index in [0.717, 1.165) is 0 Å². The van der Waals surface area contributed by atoms with Crippen molar-refractivity contribution in [3.8, 4) is 0 Å². The fourth-order valence-electron chi connectivity index (χ4n) is 2.27. The molecule has 0 aliphatic heterocycles. The molecule has 0 rings (SSSR count). The number of hydrogen-bond donors (Lipinski definition) is 2. The Kier molecular flexibility index (Phi) is 5.97. The van der Waals surface area contributed by atoms with E-state index in [2.05, 4.69) is 6.58 Å². The molecule has 0 saturated heterocycles. The molecule has 0 aromatic heterocycles. The summed E-state index contributed by atoms with van der Waals surface area (Å²) in [7, 11) is 0. The number of carbonyl (C=O) groups excluding carboxylic acids is 1. The number of hydrogen-bond acceptors (Lipinski definition) is 3. The van der Waals surface area contributed by atoms with Crippen LogP contribution < -0.4 is 0 Å². The Morgan fingerprint density at radius 1 is 1.05 bits per heavy atom. The molecule has 3 nitrogen and oxygen atoms in total. The van der Waals surface area contributed by atoms with Crippen molar-refractivity contribution in [2.45, 2.75) is 78.4 Å². The van der Waals surface area contributed by atoms with Gasteiger partial charge in [-0.1, -0.05) is 27.4 Å². The summed E-state index contributed by atoms with van der Waals surface area (Å²) in [4.78, 5) is 11.4. The van der Waals surface area contributed by atoms with Gasteiger partial charge in [-0.25, -0.2) is 0 Å². The van der Waals surface area contributed by atoms with Crippen LogP contribution in [0, 0.1) is 5.41 Å². The van der Waals surface area contributed by atoms with E-state index < -0.39 is 11.2 Å². The van der Waals surface area contributed by atoms with Crippen LogP contribution in [0.5, 0.6) is 0 Å². The quantitative estimate of drug-likeness (QED) is 0.698. The lowest BCUT2D eigenvalue weighted by Gasteiger charge is -2.37. The number of carbonyl (C=O) groups is 1. The molecule has 0 fully saturated rings. The predicted molar refractivity (Wildman–Crippen MR) is 79.0 cm³/mol. The van der Waals surface area contributed by atoms with Crippen LogP contribution in [-0.4, -0.2) is 27.2 Å². The average molecular weight is 270 g/mol. The molecule has 0 aliphatic carbocycles. The summed E-state index contributed by atoms with van der Waals surface area (Å²) in [6.07, 6.45) is 1.79. The first-order valence-electron chi connectivity index (χ1n) is 6.92. The van der Waals surface area contributed by atoms with Gasteiger partial charge >= 0.3 is 0 Å². The minimum absolute atomic E-state index is 0.0452. The molecular weight excluding hydrogens is 240 g/mol. The molecule has 0 aromatic rings. The van der Waals surface area contributed by atoms with Crippen molar-refractivity contribution >= 4 is 5.78 Å². The number of ketones is 1. The largest absolute Gasteiger partial charge is 0.390 e. The Balaban J connectivity index is 4.89. The molecule has 2 N–H and O–H groups in total. The number of rotatable bonds is 7. The standard InChI is InChI=1S/C16H30O3/c1-12(17)11-16(19,13(2)14(3,4)5)10-8-9-15(6,7)18/h18-19H,2,8-11H2,1,3-7H3/t16-/m1/s1. The third-order valence-electron chi connectivity index (χ3n) is 3.39. The highest BCUT2D eigenvalue weighted by Crippen LogP contribution is 2.38. The van der Waals surface area contributed by atoms with E-state index in [0.29, 0.717) is 24.8 Å². The summed E-state index contributed by atoms with van der Waals surface area (Å²) in [5.41, 5.74) is -1.49. The second-order valence-corrected chi connectivity index (χ2v) is 7.30. The first kappa shape index (κ1) is 18.3. The number of Topliss-reactive ketones (excluding diaryl/α,β-unsaturated/α-hetero) is 1. The summed E-state index contributed by atoms with van der Waals surface area (Å²) in [6.45, 7) is 14.9. The van der Waals surface area contributed by atoms with Gasteiger partial charge in [-0.05, 0) is 51.0 Å². The molecule has 0 aliphatic rings. The minimum Gasteiger partial charge on any atom is -0.390 e. The van der Waals surface area contributed by atoms with Gasteiger partial charge < -0.3 is 10.2 Å². The van der Waals surface area contributed by atoms with Crippen molar-refractivity contribution in [2.24, 2.45) is 5.41 Å². The van der Waals surface area contributed by atoms with Crippen LogP contribution >= 0.6 is 0 Å². The van der Waals surface area contributed by atoms with Gasteiger partial charge in [0.25, 0.3) is 0 Å². The van der Waals surface area contributed by atoms with Crippen LogP contribution in [0.25, 0.3) is 0 Å². The van der Waals surface area contributed by atoms with Crippen molar-refractivity contribution in [3.63, 3.8) is 0 Å². The maximum absolute atomic E-state index is 11.4. The fourth-order valence-corrected chi connectivity index (χ4v) is 2.27. The summed E-state index contributed by atoms with van der Waals surface area (Å²) in [6, 6.07) is 0. The molecule has 0 heterocycles. The molecule has 3 heteroatoms. The van der Waals surface area contributed by atoms with Gasteiger partial charge in [-0.2, -0.15) is 0 Å². The van der Waals surface area contributed by atoms with Gasteiger partial charge in [0, 0.05) is 6.42 Å². The summed E-state index contributed by atoms with van der Waals surface area (Å²) < 4.78 is 0. The Hall–Kier alpha value is -0.670. The molecule has 0 amide bonds. The lowest BCUT2D eigenvalue weighted by atomic mass is 9.72. The molecule has 0 saturated carbocycles. The van der Waals surface area contributed by atoms with Crippen LogP contribution in [0.1, 0.15) is 67.2 Å². The van der Waals surface area contributed by atoms with Gasteiger partial charge in [0.1, 0.15) is 5.78 Å². The predicted octanol–water partition coefficient (Wildman–Crippen LogP) is 3.24. The van der Waals surface area contributed by atoms with E-state index in [1.54, 1.807) is 13.8 Å². The Bertz CT molecular complexity index is 331. The molecular formula is C16H30O3. The smallest absolute Gasteiger partial charge is 0.133 e. The zero-order valence-corrected chi connectivity index (χ0v) is 13.3. The van der Waals surface area contributed by atoms with Gasteiger partial charge in [0.2, 0.25) is 0 Å². The first-order chi connectivity index (χ1) is 8.28. The molecule has 112 valence electrons. The Morgan fingerprint density at radius 3 is 1.84 bits per heavy atom. The topological polar surface area (TPSA) is 57.5 Å². The van der Waals surface area contributed by atoms with E-state index in [1.807, 2.05) is 20.8 Å². The normalized spacial score (nSPS) is 16.0. The van der Waals surface area contributed by atoms with Gasteiger partial charge in [-0.15, -0.1) is 0 Å². The Labute approximate surface area is 117 Å². The molecule has 0 spiro atoms. The van der Waals surface area contributed by atoms with E-state index in [1.165, 1.54) is 6.92 Å². The van der Waals surface area contributed by atoms with Crippen LogP contribution in [0.3, 0.4) is 0 Å². The van der Waals surface area contributed by atoms with E-state index >= 15 is 0 Å². The van der Waals surface area contributed by atoms with E-state index in [4.69, 9.17) is 0 Å². The van der Waals surface area contributed by atoms with Crippen molar-refractivity contribution in [1.29, 1.82) is 0 Å². The highest BCUT2D eigenvalue weighted by molar-refractivity contribution is 5.77. The second-order valence-electron chi connectivity index (χ2n) is 7.30. The van der Waals surface area contributed by atoms with Crippen molar-refractivity contribution in [2.75, 3.05) is 0 Å². The van der Waals surface area contributed by atoms with Gasteiger partial charge in [-0.3, -0.25) is 4.79 Å². The third kappa shape index (κ3) is 6.88. The van der Waals surface area contributed by atoms with Gasteiger partial charge in [0.15, 0.2) is 0 Å². The highest BCUT2D eigenvalue weighted by Gasteiger charge is 2.37. The van der Waals surface area contributed by atoms with Crippen molar-refractivity contribution < 1.29 is 15.0 Å². The molecule has 19 heavy (non-hydrogen) atoms. The van der Waals surface area contributed by atoms with E-state index in [-0.39, 0.29) is 17.6 Å². The minimum atomic E-state index is -1.17. The van der Waals surface area contributed by atoms with Crippen molar-refractivity contribution in [1.82, 2.24) is 0 Å². The van der Waals surface area contributed by atoms with Crippen molar-refractivity contribution in [3.05, 3.63) is 12.2 Å². The number of aliphatic hydroxyl groups is 2. The lowest BCUT2D eigenvalue weighted by molar-refractivity contribution is -0.121. The summed E-state index contributed by atoms with van der Waals surface area (Å²) in [5.74, 6) is -0.0452. The summed E-state index contributed by atoms with van der Waals surface area (Å²) >= 11 is 0. The lowest BCUT2D eigenvalue weighted by Crippen LogP contribution is -2.38. The first-order valence-corrected chi connectivity index (χ1v) is 6.92. The molecule has 0 aromatic carbocycles. The monoisotopic (exact) mass is 270 g/mol. The maximum atomic E-state index is 11.4. The zero-order valence-electron chi connectivity index (χ0n) is 13.3. The van der Waals surface area contributed by atoms with E-state index in [9.17, 15) is 15.0 Å². The highest BCUT2D eigenvalue weighted by atomic mass is 16.3. The van der Waals surface area contributed by atoms with Crippen LogP contribution in [0.2, 0.25) is 0 Å². The zero-order chi connectivity index (χ0) is 15.5. The SMILES string of the molecule is C=C(C(C)(C)C)[C@@](O)(CCCC(C)(C)O)CC(C)=O. The van der Waals surface area contributed by atoms with Gasteiger partial charge in [0.05, 0.1) is 11.2 Å². The average Bonchev–Trinajstić information content (AvgIpc) is 2.11. The van der Waals surface area contributed by atoms with Crippen LogP contribution in [-0.2, 0) is 4.79 Å². The molecule has 1 atom stereocenters. The summed E-state index contributed by atoms with van der Waals surface area (Å²) in [5, 5.41) is 20.5. The second kappa shape index (κ2) is 6.19. The molecule has 0 radical (unpaired) electrons. The molecule has 0 unspecified atom stereocenters. The van der Waals surface area contributed by atoms with Crippen LogP contribution in [0.15, 0.2) is 12.2 Å². The maximum Gasteiger partial charge on any atom is 0.133 e.